The van der Waals surface area contributed by atoms with Crippen molar-refractivity contribution in [3.63, 3.8) is 0 Å². The average molecular weight is 387 g/mol. The lowest BCUT2D eigenvalue weighted by molar-refractivity contribution is 0.0954. The lowest BCUT2D eigenvalue weighted by atomic mass is 10.2. The van der Waals surface area contributed by atoms with Crippen LogP contribution in [0, 0.1) is 0 Å². The number of carbonyl (C=O) groups excluding carboxylic acids is 1. The maximum absolute atomic E-state index is 12.3. The van der Waals surface area contributed by atoms with Crippen molar-refractivity contribution in [1.29, 1.82) is 0 Å². The number of sulfonamides is 1. The van der Waals surface area contributed by atoms with Crippen molar-refractivity contribution in [2.75, 3.05) is 11.8 Å². The summed E-state index contributed by atoms with van der Waals surface area (Å²) in [6.07, 6.45) is 0. The van der Waals surface area contributed by atoms with Gasteiger partial charge in [-0.1, -0.05) is 23.7 Å². The summed E-state index contributed by atoms with van der Waals surface area (Å²) in [4.78, 5) is 27.4. The van der Waals surface area contributed by atoms with Gasteiger partial charge >= 0.3 is 0 Å². The van der Waals surface area contributed by atoms with Crippen LogP contribution in [0.1, 0.15) is 16.1 Å². The van der Waals surface area contributed by atoms with Gasteiger partial charge < -0.3 is 10.4 Å². The molecule has 0 radical (unpaired) electrons. The molecule has 0 spiro atoms. The lowest BCUT2D eigenvalue weighted by Gasteiger charge is -2.13. The van der Waals surface area contributed by atoms with Crippen LogP contribution in [0.2, 0.25) is 5.02 Å². The number of benzene rings is 1. The first kappa shape index (κ1) is 18.7. The molecule has 11 heteroatoms. The predicted octanol–water partition coefficient (Wildman–Crippen LogP) is 0.441. The minimum atomic E-state index is -3.93. The Bertz CT molecular complexity index is 970. The summed E-state index contributed by atoms with van der Waals surface area (Å²) >= 11 is 5.75. The van der Waals surface area contributed by atoms with Crippen LogP contribution in [-0.2, 0) is 22.8 Å². The summed E-state index contributed by atoms with van der Waals surface area (Å²) in [6, 6.07) is 6.18. The van der Waals surface area contributed by atoms with E-state index in [0.29, 0.717) is 10.6 Å². The molecule has 0 unspecified atom stereocenters. The molecule has 1 amide bonds. The van der Waals surface area contributed by atoms with E-state index in [1.54, 1.807) is 24.3 Å². The minimum absolute atomic E-state index is 0.393. The average Bonchev–Trinajstić information content (AvgIpc) is 2.56. The monoisotopic (exact) mass is 386 g/mol. The van der Waals surface area contributed by atoms with E-state index in [2.05, 4.69) is 15.0 Å². The molecule has 0 aliphatic rings. The van der Waals surface area contributed by atoms with Crippen molar-refractivity contribution in [2.24, 2.45) is 7.05 Å². The molecule has 0 aliphatic heterocycles. The molecule has 25 heavy (non-hydrogen) atoms. The highest BCUT2D eigenvalue weighted by atomic mass is 35.5. The number of rotatable bonds is 5. The molecule has 0 atom stereocenters. The standard InChI is InChI=1S/C14H15ClN4O5S/c1-16-12(21)10-11(20)13(22)19(2)14(17-10)18-25(23,24)7-8-3-5-9(15)6-4-8/h3-6,20H,7H2,1-2H3,(H,16,21)(H,17,18). The molecule has 1 aromatic carbocycles. The first-order chi connectivity index (χ1) is 11.6. The normalized spacial score (nSPS) is 11.2. The van der Waals surface area contributed by atoms with E-state index in [1.165, 1.54) is 14.1 Å². The van der Waals surface area contributed by atoms with Crippen LogP contribution in [0.15, 0.2) is 29.1 Å². The van der Waals surface area contributed by atoms with Crippen molar-refractivity contribution in [1.82, 2.24) is 14.9 Å². The smallest absolute Gasteiger partial charge is 0.297 e. The van der Waals surface area contributed by atoms with Gasteiger partial charge in [-0.25, -0.2) is 13.4 Å². The van der Waals surface area contributed by atoms with E-state index >= 15 is 0 Å². The number of anilines is 1. The number of aromatic hydroxyl groups is 1. The van der Waals surface area contributed by atoms with E-state index in [1.807, 2.05) is 0 Å². The van der Waals surface area contributed by atoms with Crippen LogP contribution < -0.4 is 15.6 Å². The highest BCUT2D eigenvalue weighted by Gasteiger charge is 2.22. The van der Waals surface area contributed by atoms with Crippen molar-refractivity contribution in [2.45, 2.75) is 5.75 Å². The molecule has 0 saturated heterocycles. The fraction of sp³-hybridized carbons (Fsp3) is 0.214. The molecule has 1 heterocycles. The van der Waals surface area contributed by atoms with E-state index in [4.69, 9.17) is 11.6 Å². The van der Waals surface area contributed by atoms with Gasteiger partial charge in [0.2, 0.25) is 21.7 Å². The van der Waals surface area contributed by atoms with Crippen LogP contribution in [0.3, 0.4) is 0 Å². The Labute approximate surface area is 148 Å². The molecule has 0 aliphatic carbocycles. The third-order valence-electron chi connectivity index (χ3n) is 3.23. The fourth-order valence-electron chi connectivity index (χ4n) is 1.93. The Morgan fingerprint density at radius 1 is 1.32 bits per heavy atom. The zero-order valence-electron chi connectivity index (χ0n) is 13.3. The number of amides is 1. The molecule has 2 aromatic rings. The number of halogens is 1. The molecule has 0 saturated carbocycles. The Balaban J connectivity index is 2.38. The molecule has 0 bridgehead atoms. The summed E-state index contributed by atoms with van der Waals surface area (Å²) in [5.74, 6) is -2.48. The largest absolute Gasteiger partial charge is 0.501 e. The van der Waals surface area contributed by atoms with Gasteiger partial charge in [0, 0.05) is 19.1 Å². The van der Waals surface area contributed by atoms with E-state index in [0.717, 1.165) is 4.57 Å². The Morgan fingerprint density at radius 2 is 1.92 bits per heavy atom. The fourth-order valence-corrected chi connectivity index (χ4v) is 3.22. The lowest BCUT2D eigenvalue weighted by Crippen LogP contribution is -2.30. The number of hydrogen-bond donors (Lipinski definition) is 3. The molecule has 3 N–H and O–H groups in total. The van der Waals surface area contributed by atoms with Crippen molar-refractivity contribution < 1.29 is 18.3 Å². The molecular weight excluding hydrogens is 372 g/mol. The molecule has 134 valence electrons. The molecule has 2 rings (SSSR count). The second-order valence-corrected chi connectivity index (χ2v) is 7.22. The number of carbonyl (C=O) groups is 1. The van der Waals surface area contributed by atoms with Gasteiger partial charge in [-0.2, -0.15) is 0 Å². The first-order valence-corrected chi connectivity index (χ1v) is 8.94. The summed E-state index contributed by atoms with van der Waals surface area (Å²) in [7, 11) is -1.44. The summed E-state index contributed by atoms with van der Waals surface area (Å²) in [6.45, 7) is 0. The van der Waals surface area contributed by atoms with Crippen molar-refractivity contribution in [3.05, 3.63) is 50.9 Å². The zero-order valence-corrected chi connectivity index (χ0v) is 14.8. The quantitative estimate of drug-likeness (QED) is 0.683. The summed E-state index contributed by atoms with van der Waals surface area (Å²) in [5, 5.41) is 12.4. The van der Waals surface area contributed by atoms with Gasteiger partial charge in [0.25, 0.3) is 11.5 Å². The van der Waals surface area contributed by atoms with Gasteiger partial charge in [0.15, 0.2) is 5.69 Å². The third kappa shape index (κ3) is 4.28. The first-order valence-electron chi connectivity index (χ1n) is 6.91. The van der Waals surface area contributed by atoms with E-state index < -0.39 is 44.6 Å². The van der Waals surface area contributed by atoms with Crippen LogP contribution in [0.25, 0.3) is 0 Å². The Kier molecular flexibility index (Phi) is 5.33. The second kappa shape index (κ2) is 7.11. The van der Waals surface area contributed by atoms with Crippen molar-refractivity contribution in [3.8, 4) is 5.75 Å². The Hall–Kier alpha value is -2.59. The number of hydrogen-bond acceptors (Lipinski definition) is 6. The van der Waals surface area contributed by atoms with Gasteiger partial charge in [-0.05, 0) is 17.7 Å². The van der Waals surface area contributed by atoms with Crippen LogP contribution in [0.4, 0.5) is 5.95 Å². The summed E-state index contributed by atoms with van der Waals surface area (Å²) in [5.41, 5.74) is -1.07. The molecular formula is C14H15ClN4O5S. The van der Waals surface area contributed by atoms with Crippen LogP contribution in [-0.4, -0.2) is 36.0 Å². The maximum Gasteiger partial charge on any atom is 0.297 e. The van der Waals surface area contributed by atoms with Gasteiger partial charge in [-0.3, -0.25) is 18.9 Å². The van der Waals surface area contributed by atoms with E-state index in [9.17, 15) is 23.1 Å². The van der Waals surface area contributed by atoms with Gasteiger partial charge in [0.1, 0.15) is 0 Å². The van der Waals surface area contributed by atoms with Gasteiger partial charge in [0.05, 0.1) is 5.75 Å². The highest BCUT2D eigenvalue weighted by molar-refractivity contribution is 7.91. The van der Waals surface area contributed by atoms with Crippen LogP contribution in [0.5, 0.6) is 5.75 Å². The number of aromatic nitrogens is 2. The van der Waals surface area contributed by atoms with Crippen LogP contribution >= 0.6 is 11.6 Å². The molecule has 1 aromatic heterocycles. The minimum Gasteiger partial charge on any atom is -0.501 e. The highest BCUT2D eigenvalue weighted by Crippen LogP contribution is 2.16. The summed E-state index contributed by atoms with van der Waals surface area (Å²) < 4.78 is 27.5. The van der Waals surface area contributed by atoms with E-state index in [-0.39, 0.29) is 0 Å². The topological polar surface area (TPSA) is 130 Å². The van der Waals surface area contributed by atoms with Gasteiger partial charge in [-0.15, -0.1) is 0 Å². The van der Waals surface area contributed by atoms with Crippen molar-refractivity contribution >= 4 is 33.5 Å². The zero-order chi connectivity index (χ0) is 18.8. The maximum atomic E-state index is 12.3. The Morgan fingerprint density at radius 3 is 2.48 bits per heavy atom. The molecule has 9 nitrogen and oxygen atoms in total. The second-order valence-electron chi connectivity index (χ2n) is 5.06. The number of nitrogens with zero attached hydrogens (tertiary/aromatic N) is 2. The SMILES string of the molecule is CNC(=O)c1nc(NS(=O)(=O)Cc2ccc(Cl)cc2)n(C)c(=O)c1O. The molecule has 0 fully saturated rings. The third-order valence-corrected chi connectivity index (χ3v) is 4.68. The number of nitrogens with one attached hydrogen (secondary N) is 2. The predicted molar refractivity (Wildman–Crippen MR) is 92.2 cm³/mol.